The van der Waals surface area contributed by atoms with Crippen molar-refractivity contribution < 1.29 is 0 Å². The molecule has 1 nitrogen and oxygen atoms in total. The number of nitrogens with one attached hydrogen (secondary N) is 1. The van der Waals surface area contributed by atoms with Crippen LogP contribution in [0.2, 0.25) is 0 Å². The molecule has 0 amide bonds. The maximum absolute atomic E-state index is 5.26. The van der Waals surface area contributed by atoms with E-state index in [0.717, 1.165) is 12.3 Å². The standard InChI is InChI=1S/C3H8ClNS/c1-5-2-3-6-4/h5H,2-3H2,1H3. The Labute approximate surface area is 46.9 Å². The van der Waals surface area contributed by atoms with Crippen molar-refractivity contribution in [2.24, 2.45) is 0 Å². The molecule has 0 radical (unpaired) electrons. The van der Waals surface area contributed by atoms with Gasteiger partial charge in [-0.05, 0) is 17.7 Å². The Hall–Kier alpha value is 0.600. The van der Waals surface area contributed by atoms with Crippen LogP contribution in [0, 0.1) is 0 Å². The molecule has 1 N–H and O–H groups in total. The Bertz CT molecular complexity index is 22.8. The molecule has 0 spiro atoms. The minimum atomic E-state index is 0.984. The second-order valence-electron chi connectivity index (χ2n) is 0.917. The zero-order valence-electron chi connectivity index (χ0n) is 3.70. The Morgan fingerprint density at radius 1 is 1.83 bits per heavy atom. The fourth-order valence-corrected chi connectivity index (χ4v) is 0.653. The molecule has 3 heteroatoms. The van der Waals surface area contributed by atoms with Crippen LogP contribution >= 0.6 is 21.7 Å². The summed E-state index contributed by atoms with van der Waals surface area (Å²) in [6.07, 6.45) is 0. The van der Waals surface area contributed by atoms with Gasteiger partial charge in [0.1, 0.15) is 0 Å². The van der Waals surface area contributed by atoms with Crippen molar-refractivity contribution in [3.8, 4) is 0 Å². The third-order valence-corrected chi connectivity index (χ3v) is 1.25. The van der Waals surface area contributed by atoms with Crippen molar-refractivity contribution in [2.75, 3.05) is 19.3 Å². The van der Waals surface area contributed by atoms with Gasteiger partial charge < -0.3 is 5.32 Å². The summed E-state index contributed by atoms with van der Waals surface area (Å²) in [5.41, 5.74) is 0. The molecule has 6 heavy (non-hydrogen) atoms. The summed E-state index contributed by atoms with van der Waals surface area (Å²) in [4.78, 5) is 0. The zero-order valence-corrected chi connectivity index (χ0v) is 5.27. The number of hydrogen-bond acceptors (Lipinski definition) is 2. The SMILES string of the molecule is CNCCSCl. The topological polar surface area (TPSA) is 12.0 Å². The summed E-state index contributed by atoms with van der Waals surface area (Å²) in [7, 11) is 8.50. The molecule has 0 rings (SSSR count). The van der Waals surface area contributed by atoms with Gasteiger partial charge in [0.15, 0.2) is 0 Å². The summed E-state index contributed by atoms with van der Waals surface area (Å²) in [6.45, 7) is 0.994. The summed E-state index contributed by atoms with van der Waals surface area (Å²) < 4.78 is 0. The minimum absolute atomic E-state index is 0.984. The van der Waals surface area contributed by atoms with Crippen LogP contribution in [0.25, 0.3) is 0 Å². The van der Waals surface area contributed by atoms with Gasteiger partial charge in [0.25, 0.3) is 0 Å². The van der Waals surface area contributed by atoms with E-state index in [4.69, 9.17) is 10.7 Å². The highest BCUT2D eigenvalue weighted by Crippen LogP contribution is 2.01. The molecule has 38 valence electrons. The first-order chi connectivity index (χ1) is 2.91. The van der Waals surface area contributed by atoms with Gasteiger partial charge in [0.2, 0.25) is 0 Å². The largest absolute Gasteiger partial charge is 0.319 e. The lowest BCUT2D eigenvalue weighted by atomic mass is 10.8. The van der Waals surface area contributed by atoms with Crippen LogP contribution in [0.4, 0.5) is 0 Å². The zero-order chi connectivity index (χ0) is 4.83. The van der Waals surface area contributed by atoms with Gasteiger partial charge in [-0.25, -0.2) is 0 Å². The molecule has 0 saturated carbocycles. The van der Waals surface area contributed by atoms with E-state index in [2.05, 4.69) is 5.32 Å². The quantitative estimate of drug-likeness (QED) is 0.567. The molecule has 0 saturated heterocycles. The van der Waals surface area contributed by atoms with E-state index in [-0.39, 0.29) is 0 Å². The Morgan fingerprint density at radius 2 is 2.50 bits per heavy atom. The number of halogens is 1. The van der Waals surface area contributed by atoms with Crippen LogP contribution in [0.1, 0.15) is 0 Å². The predicted octanol–water partition coefficient (Wildman–Crippen LogP) is 1.09. The molecule has 0 bridgehead atoms. The van der Waals surface area contributed by atoms with E-state index in [9.17, 15) is 0 Å². The molecule has 0 aliphatic rings. The van der Waals surface area contributed by atoms with Crippen molar-refractivity contribution in [3.05, 3.63) is 0 Å². The third-order valence-electron chi connectivity index (χ3n) is 0.429. The predicted molar refractivity (Wildman–Crippen MR) is 32.2 cm³/mol. The van der Waals surface area contributed by atoms with E-state index in [1.54, 1.807) is 0 Å². The van der Waals surface area contributed by atoms with Gasteiger partial charge in [-0.3, -0.25) is 0 Å². The maximum atomic E-state index is 5.26. The van der Waals surface area contributed by atoms with Gasteiger partial charge in [-0.1, -0.05) is 11.0 Å². The second-order valence-corrected chi connectivity index (χ2v) is 2.20. The fraction of sp³-hybridized carbons (Fsp3) is 1.00. The molecule has 0 aliphatic heterocycles. The molecule has 0 heterocycles. The third kappa shape index (κ3) is 4.60. The van der Waals surface area contributed by atoms with E-state index in [1.807, 2.05) is 7.05 Å². The molecule has 0 atom stereocenters. The molecule has 0 aromatic heterocycles. The molecule has 0 aliphatic carbocycles. The van der Waals surface area contributed by atoms with Crippen LogP contribution < -0.4 is 5.32 Å². The fourth-order valence-electron chi connectivity index (χ4n) is 0.141. The van der Waals surface area contributed by atoms with Crippen molar-refractivity contribution in [2.45, 2.75) is 0 Å². The van der Waals surface area contributed by atoms with Gasteiger partial charge in [-0.15, -0.1) is 0 Å². The first kappa shape index (κ1) is 6.60. The lowest BCUT2D eigenvalue weighted by Gasteiger charge is -1.87. The number of rotatable bonds is 3. The molecule has 0 aromatic carbocycles. The molecular formula is C3H8ClNS. The highest BCUT2D eigenvalue weighted by atomic mass is 35.7. The summed E-state index contributed by atoms with van der Waals surface area (Å²) in [5.74, 6) is 0.984. The van der Waals surface area contributed by atoms with E-state index >= 15 is 0 Å². The highest BCUT2D eigenvalue weighted by Gasteiger charge is 1.75. The Kier molecular flexibility index (Phi) is 6.16. The van der Waals surface area contributed by atoms with Crippen LogP contribution in [0.3, 0.4) is 0 Å². The van der Waals surface area contributed by atoms with E-state index in [0.29, 0.717) is 0 Å². The summed E-state index contributed by atoms with van der Waals surface area (Å²) in [6, 6.07) is 0. The smallest absolute Gasteiger partial charge is 0.0210 e. The minimum Gasteiger partial charge on any atom is -0.319 e. The average molecular weight is 126 g/mol. The lowest BCUT2D eigenvalue weighted by molar-refractivity contribution is 0.873. The normalized spacial score (nSPS) is 9.00. The Balaban J connectivity index is 2.34. The molecule has 0 aromatic rings. The first-order valence-electron chi connectivity index (χ1n) is 1.80. The van der Waals surface area contributed by atoms with Crippen molar-refractivity contribution in [1.82, 2.24) is 5.32 Å². The monoisotopic (exact) mass is 125 g/mol. The van der Waals surface area contributed by atoms with Gasteiger partial charge in [0, 0.05) is 12.3 Å². The number of hydrogen-bond donors (Lipinski definition) is 1. The molecular weight excluding hydrogens is 118 g/mol. The Morgan fingerprint density at radius 3 is 2.67 bits per heavy atom. The molecule has 0 unspecified atom stereocenters. The van der Waals surface area contributed by atoms with E-state index in [1.165, 1.54) is 11.0 Å². The second kappa shape index (κ2) is 5.60. The van der Waals surface area contributed by atoms with Crippen molar-refractivity contribution in [3.63, 3.8) is 0 Å². The lowest BCUT2D eigenvalue weighted by Crippen LogP contribution is -2.08. The van der Waals surface area contributed by atoms with Gasteiger partial charge >= 0.3 is 0 Å². The van der Waals surface area contributed by atoms with Crippen molar-refractivity contribution in [1.29, 1.82) is 0 Å². The van der Waals surface area contributed by atoms with Crippen LogP contribution in [-0.2, 0) is 0 Å². The highest BCUT2D eigenvalue weighted by molar-refractivity contribution is 8.21. The molecule has 0 fully saturated rings. The first-order valence-corrected chi connectivity index (χ1v) is 3.61. The average Bonchev–Trinajstić information content (AvgIpc) is 1.61. The van der Waals surface area contributed by atoms with Gasteiger partial charge in [-0.2, -0.15) is 0 Å². The van der Waals surface area contributed by atoms with Gasteiger partial charge in [0.05, 0.1) is 0 Å². The van der Waals surface area contributed by atoms with Crippen LogP contribution in [0.15, 0.2) is 0 Å². The summed E-state index contributed by atoms with van der Waals surface area (Å²) >= 11 is 0. The maximum Gasteiger partial charge on any atom is 0.0210 e. The summed E-state index contributed by atoms with van der Waals surface area (Å²) in [5, 5.41) is 2.96. The van der Waals surface area contributed by atoms with Crippen LogP contribution in [-0.4, -0.2) is 19.3 Å². The van der Waals surface area contributed by atoms with E-state index < -0.39 is 0 Å². The van der Waals surface area contributed by atoms with Crippen LogP contribution in [0.5, 0.6) is 0 Å². The van der Waals surface area contributed by atoms with Crippen molar-refractivity contribution >= 4 is 21.7 Å².